The molecule has 0 aromatic heterocycles. The molecule has 0 heterocycles. The molecule has 0 nitrogen and oxygen atoms in total. The molecule has 9 heavy (non-hydrogen) atoms. The quantitative estimate of drug-likeness (QED) is 0.451. The van der Waals surface area contributed by atoms with Crippen LogP contribution in [0.25, 0.3) is 0 Å². The van der Waals surface area contributed by atoms with Crippen LogP contribution in [0.1, 0.15) is 6.42 Å². The monoisotopic (exact) mass is 138 g/mol. The molecule has 1 rings (SSSR count). The Hall–Kier alpha value is -0.670. The number of rotatable bonds is 0. The molecule has 0 aliphatic heterocycles. The van der Waals surface area contributed by atoms with Crippen molar-refractivity contribution in [2.45, 2.75) is 6.42 Å². The molecule has 1 aliphatic carbocycles. The summed E-state index contributed by atoms with van der Waals surface area (Å²) in [6.07, 6.45) is 11.9. The van der Waals surface area contributed by atoms with Gasteiger partial charge in [-0.25, -0.2) is 0 Å². The molecule has 1 aliphatic rings. The second kappa shape index (κ2) is 2.75. The molecule has 0 saturated carbocycles. The van der Waals surface area contributed by atoms with E-state index in [-0.39, 0.29) is 5.92 Å². The van der Waals surface area contributed by atoms with Gasteiger partial charge in [0.25, 0.3) is 0 Å². The van der Waals surface area contributed by atoms with Crippen LogP contribution >= 0.6 is 11.6 Å². The molecule has 0 spiro atoms. The van der Waals surface area contributed by atoms with Crippen LogP contribution in [-0.4, -0.2) is 0 Å². The maximum absolute atomic E-state index is 5.67. The van der Waals surface area contributed by atoms with Gasteiger partial charge in [-0.1, -0.05) is 29.7 Å². The molecule has 0 N–H and O–H groups in total. The Morgan fingerprint density at radius 1 is 1.78 bits per heavy atom. The summed E-state index contributed by atoms with van der Waals surface area (Å²) in [5, 5.41) is 0.754. The van der Waals surface area contributed by atoms with E-state index in [0.29, 0.717) is 0 Å². The van der Waals surface area contributed by atoms with Gasteiger partial charge in [-0.05, 0) is 12.5 Å². The number of terminal acetylenes is 1. The molecule has 46 valence electrons. The first kappa shape index (κ1) is 6.45. The SMILES string of the molecule is C#CC1C=C(Cl)C=CC1. The van der Waals surface area contributed by atoms with E-state index in [9.17, 15) is 0 Å². The van der Waals surface area contributed by atoms with Crippen molar-refractivity contribution in [1.82, 2.24) is 0 Å². The maximum atomic E-state index is 5.67. The highest BCUT2D eigenvalue weighted by molar-refractivity contribution is 6.31. The third kappa shape index (κ3) is 1.62. The third-order valence-corrected chi connectivity index (χ3v) is 1.49. The number of hydrogen-bond acceptors (Lipinski definition) is 0. The van der Waals surface area contributed by atoms with Crippen LogP contribution in [-0.2, 0) is 0 Å². The van der Waals surface area contributed by atoms with Gasteiger partial charge in [-0.15, -0.1) is 6.42 Å². The van der Waals surface area contributed by atoms with E-state index in [1.807, 2.05) is 18.2 Å². The number of allylic oxidation sites excluding steroid dienone is 4. The zero-order valence-electron chi connectivity index (χ0n) is 4.97. The summed E-state index contributed by atoms with van der Waals surface area (Å²) in [7, 11) is 0. The highest BCUT2D eigenvalue weighted by Gasteiger charge is 2.02. The van der Waals surface area contributed by atoms with E-state index in [2.05, 4.69) is 5.92 Å². The minimum atomic E-state index is 0.211. The summed E-state index contributed by atoms with van der Waals surface area (Å²) in [5.41, 5.74) is 0. The summed E-state index contributed by atoms with van der Waals surface area (Å²) >= 11 is 5.67. The van der Waals surface area contributed by atoms with Crippen molar-refractivity contribution in [3.63, 3.8) is 0 Å². The molecule has 1 heteroatoms. The average molecular weight is 139 g/mol. The Balaban J connectivity index is 2.69. The Bertz CT molecular complexity index is 193. The molecule has 0 amide bonds. The van der Waals surface area contributed by atoms with Crippen LogP contribution < -0.4 is 0 Å². The van der Waals surface area contributed by atoms with Gasteiger partial charge in [0.1, 0.15) is 0 Å². The van der Waals surface area contributed by atoms with Gasteiger partial charge in [0.2, 0.25) is 0 Å². The molecule has 0 aromatic rings. The summed E-state index contributed by atoms with van der Waals surface area (Å²) in [6, 6.07) is 0. The van der Waals surface area contributed by atoms with Crippen molar-refractivity contribution < 1.29 is 0 Å². The van der Waals surface area contributed by atoms with E-state index >= 15 is 0 Å². The predicted octanol–water partition coefficient (Wildman–Crippen LogP) is 2.32. The lowest BCUT2D eigenvalue weighted by Gasteiger charge is -2.05. The molecule has 0 saturated heterocycles. The first-order chi connectivity index (χ1) is 4.33. The van der Waals surface area contributed by atoms with Gasteiger partial charge in [-0.2, -0.15) is 0 Å². The number of halogens is 1. The standard InChI is InChI=1S/C8H7Cl/c1-2-7-4-3-5-8(9)6-7/h1,3,5-7H,4H2. The Kier molecular flexibility index (Phi) is 1.97. The Morgan fingerprint density at radius 3 is 3.00 bits per heavy atom. The fourth-order valence-corrected chi connectivity index (χ4v) is 1.00. The van der Waals surface area contributed by atoms with Gasteiger partial charge in [0.15, 0.2) is 0 Å². The average Bonchev–Trinajstić information content (AvgIpc) is 1.88. The van der Waals surface area contributed by atoms with Gasteiger partial charge < -0.3 is 0 Å². The second-order valence-corrected chi connectivity index (χ2v) is 2.40. The summed E-state index contributed by atoms with van der Waals surface area (Å²) in [5.74, 6) is 2.83. The zero-order valence-corrected chi connectivity index (χ0v) is 5.73. The molecule has 1 unspecified atom stereocenters. The topological polar surface area (TPSA) is 0 Å². The van der Waals surface area contributed by atoms with Crippen molar-refractivity contribution in [3.05, 3.63) is 23.3 Å². The fourth-order valence-electron chi connectivity index (χ4n) is 0.759. The lowest BCUT2D eigenvalue weighted by atomic mass is 10.0. The van der Waals surface area contributed by atoms with Crippen LogP contribution in [0.4, 0.5) is 0 Å². The minimum absolute atomic E-state index is 0.211. The summed E-state index contributed by atoms with van der Waals surface area (Å²) in [6.45, 7) is 0. The Morgan fingerprint density at radius 2 is 2.56 bits per heavy atom. The number of hydrogen-bond donors (Lipinski definition) is 0. The van der Waals surface area contributed by atoms with E-state index in [1.54, 1.807) is 0 Å². The smallest absolute Gasteiger partial charge is 0.0431 e. The van der Waals surface area contributed by atoms with Crippen molar-refractivity contribution in [2.75, 3.05) is 0 Å². The normalized spacial score (nSPS) is 24.9. The van der Waals surface area contributed by atoms with Crippen LogP contribution in [0.3, 0.4) is 0 Å². The molecule has 1 atom stereocenters. The van der Waals surface area contributed by atoms with Crippen LogP contribution in [0, 0.1) is 18.3 Å². The van der Waals surface area contributed by atoms with Crippen LogP contribution in [0.15, 0.2) is 23.3 Å². The summed E-state index contributed by atoms with van der Waals surface area (Å²) < 4.78 is 0. The van der Waals surface area contributed by atoms with E-state index in [4.69, 9.17) is 18.0 Å². The fraction of sp³-hybridized carbons (Fsp3) is 0.250. The highest BCUT2D eigenvalue weighted by Crippen LogP contribution is 2.17. The van der Waals surface area contributed by atoms with E-state index in [0.717, 1.165) is 11.5 Å². The van der Waals surface area contributed by atoms with Gasteiger partial charge in [0, 0.05) is 11.0 Å². The second-order valence-electron chi connectivity index (χ2n) is 1.96. The predicted molar refractivity (Wildman–Crippen MR) is 40.0 cm³/mol. The largest absolute Gasteiger partial charge is 0.119 e. The lowest BCUT2D eigenvalue weighted by Crippen LogP contribution is -1.93. The first-order valence-corrected chi connectivity index (χ1v) is 3.20. The molecule has 0 aromatic carbocycles. The maximum Gasteiger partial charge on any atom is 0.0431 e. The molecule has 0 bridgehead atoms. The van der Waals surface area contributed by atoms with Crippen LogP contribution in [0.2, 0.25) is 0 Å². The molecular weight excluding hydrogens is 132 g/mol. The van der Waals surface area contributed by atoms with Crippen LogP contribution in [0.5, 0.6) is 0 Å². The molecule has 0 fully saturated rings. The van der Waals surface area contributed by atoms with Gasteiger partial charge in [0.05, 0.1) is 0 Å². The lowest BCUT2D eigenvalue weighted by molar-refractivity contribution is 0.850. The summed E-state index contributed by atoms with van der Waals surface area (Å²) in [4.78, 5) is 0. The third-order valence-electron chi connectivity index (χ3n) is 1.24. The highest BCUT2D eigenvalue weighted by atomic mass is 35.5. The van der Waals surface area contributed by atoms with Gasteiger partial charge in [-0.3, -0.25) is 0 Å². The van der Waals surface area contributed by atoms with E-state index < -0.39 is 0 Å². The van der Waals surface area contributed by atoms with Crippen molar-refractivity contribution in [2.24, 2.45) is 5.92 Å². The van der Waals surface area contributed by atoms with Crippen molar-refractivity contribution in [3.8, 4) is 12.3 Å². The molecule has 0 radical (unpaired) electrons. The minimum Gasteiger partial charge on any atom is -0.119 e. The molecular formula is C8H7Cl. The zero-order chi connectivity index (χ0) is 6.69. The first-order valence-electron chi connectivity index (χ1n) is 2.83. The van der Waals surface area contributed by atoms with Crippen molar-refractivity contribution in [1.29, 1.82) is 0 Å². The van der Waals surface area contributed by atoms with Crippen molar-refractivity contribution >= 4 is 11.6 Å². The van der Waals surface area contributed by atoms with Gasteiger partial charge >= 0.3 is 0 Å². The Labute approximate surface area is 60.2 Å². The van der Waals surface area contributed by atoms with E-state index in [1.165, 1.54) is 0 Å².